The molecular weight excluding hydrogens is 205 g/mol. The monoisotopic (exact) mass is 219 g/mol. The fourth-order valence-electron chi connectivity index (χ4n) is 1.83. The number of furan rings is 1. The van der Waals surface area contributed by atoms with Crippen LogP contribution in [0.3, 0.4) is 0 Å². The Kier molecular flexibility index (Phi) is 3.06. The van der Waals surface area contributed by atoms with Gasteiger partial charge in [-0.2, -0.15) is 0 Å². The zero-order valence-electron chi connectivity index (χ0n) is 9.33. The molecule has 0 spiro atoms. The van der Waals surface area contributed by atoms with Crippen molar-refractivity contribution in [3.8, 4) is 0 Å². The second-order valence-corrected chi connectivity index (χ2v) is 3.73. The van der Waals surface area contributed by atoms with E-state index in [9.17, 15) is 4.39 Å². The average molecular weight is 219 g/mol. The van der Waals surface area contributed by atoms with Gasteiger partial charge in [0, 0.05) is 11.1 Å². The van der Waals surface area contributed by atoms with Gasteiger partial charge in [0.25, 0.3) is 0 Å². The van der Waals surface area contributed by atoms with Crippen LogP contribution in [0.1, 0.15) is 22.9 Å². The minimum absolute atomic E-state index is 0.168. The molecule has 2 rings (SSSR count). The Labute approximate surface area is 94.1 Å². The van der Waals surface area contributed by atoms with Gasteiger partial charge >= 0.3 is 0 Å². The van der Waals surface area contributed by atoms with Crippen molar-refractivity contribution in [2.75, 3.05) is 7.05 Å². The molecule has 3 heteroatoms. The molecule has 0 saturated heterocycles. The number of rotatable bonds is 3. The molecule has 0 aliphatic heterocycles. The Bertz CT molecular complexity index is 478. The Morgan fingerprint density at radius 1 is 1.31 bits per heavy atom. The standard InChI is InChI=1S/C13H14FNO/c1-9-7-10(8-16-9)13(15-2)11-5-3-4-6-12(11)14/h3-8,13,15H,1-2H3. The first-order chi connectivity index (χ1) is 7.72. The fraction of sp³-hybridized carbons (Fsp3) is 0.231. The zero-order chi connectivity index (χ0) is 11.5. The lowest BCUT2D eigenvalue weighted by Gasteiger charge is -2.15. The lowest BCUT2D eigenvalue weighted by molar-refractivity contribution is 0.524. The number of hydrogen-bond acceptors (Lipinski definition) is 2. The van der Waals surface area contributed by atoms with Gasteiger partial charge in [0.1, 0.15) is 11.6 Å². The topological polar surface area (TPSA) is 25.2 Å². The molecule has 0 amide bonds. The molecule has 0 aliphatic rings. The van der Waals surface area contributed by atoms with Gasteiger partial charge < -0.3 is 9.73 Å². The Balaban J connectivity index is 2.40. The molecule has 1 aromatic carbocycles. The first kappa shape index (κ1) is 10.9. The fourth-order valence-corrected chi connectivity index (χ4v) is 1.83. The van der Waals surface area contributed by atoms with E-state index in [1.165, 1.54) is 6.07 Å². The van der Waals surface area contributed by atoms with Crippen LogP contribution < -0.4 is 5.32 Å². The molecule has 1 unspecified atom stereocenters. The molecular formula is C13H14FNO. The van der Waals surface area contributed by atoms with Crippen molar-refractivity contribution >= 4 is 0 Å². The summed E-state index contributed by atoms with van der Waals surface area (Å²) in [4.78, 5) is 0. The van der Waals surface area contributed by atoms with E-state index in [1.807, 2.05) is 19.1 Å². The Morgan fingerprint density at radius 3 is 2.62 bits per heavy atom. The Hall–Kier alpha value is -1.61. The number of aryl methyl sites for hydroxylation is 1. The van der Waals surface area contributed by atoms with Gasteiger partial charge in [-0.15, -0.1) is 0 Å². The van der Waals surface area contributed by atoms with E-state index in [2.05, 4.69) is 5.32 Å². The highest BCUT2D eigenvalue weighted by molar-refractivity contribution is 5.31. The van der Waals surface area contributed by atoms with Gasteiger partial charge in [0.2, 0.25) is 0 Å². The van der Waals surface area contributed by atoms with Crippen LogP contribution in [0, 0.1) is 12.7 Å². The molecule has 0 radical (unpaired) electrons. The summed E-state index contributed by atoms with van der Waals surface area (Å²) in [6.45, 7) is 1.87. The van der Waals surface area contributed by atoms with Crippen LogP contribution in [0.5, 0.6) is 0 Å². The molecule has 0 aliphatic carbocycles. The van der Waals surface area contributed by atoms with E-state index in [-0.39, 0.29) is 11.9 Å². The highest BCUT2D eigenvalue weighted by atomic mass is 19.1. The summed E-state index contributed by atoms with van der Waals surface area (Å²) in [5.74, 6) is 0.618. The third kappa shape index (κ3) is 1.99. The zero-order valence-corrected chi connectivity index (χ0v) is 9.33. The van der Waals surface area contributed by atoms with Crippen LogP contribution in [-0.4, -0.2) is 7.05 Å². The molecule has 1 N–H and O–H groups in total. The van der Waals surface area contributed by atoms with Gasteiger partial charge in [-0.1, -0.05) is 18.2 Å². The van der Waals surface area contributed by atoms with Gasteiger partial charge in [0.05, 0.1) is 12.3 Å². The molecule has 2 aromatic rings. The van der Waals surface area contributed by atoms with Gasteiger partial charge in [0.15, 0.2) is 0 Å². The summed E-state index contributed by atoms with van der Waals surface area (Å²) in [6.07, 6.45) is 1.66. The first-order valence-electron chi connectivity index (χ1n) is 5.19. The molecule has 2 nitrogen and oxygen atoms in total. The normalized spacial score (nSPS) is 12.7. The lowest BCUT2D eigenvalue weighted by atomic mass is 10.0. The predicted octanol–water partition coefficient (Wildman–Crippen LogP) is 3.04. The summed E-state index contributed by atoms with van der Waals surface area (Å²) in [6, 6.07) is 8.50. The molecule has 0 saturated carbocycles. The number of hydrogen-bond donors (Lipinski definition) is 1. The van der Waals surface area contributed by atoms with E-state index < -0.39 is 0 Å². The molecule has 1 heterocycles. The highest BCUT2D eigenvalue weighted by Gasteiger charge is 2.17. The van der Waals surface area contributed by atoms with Gasteiger partial charge in [-0.3, -0.25) is 0 Å². The van der Waals surface area contributed by atoms with Crippen molar-refractivity contribution in [3.63, 3.8) is 0 Å². The highest BCUT2D eigenvalue weighted by Crippen LogP contribution is 2.25. The predicted molar refractivity (Wildman–Crippen MR) is 60.7 cm³/mol. The second-order valence-electron chi connectivity index (χ2n) is 3.73. The summed E-state index contributed by atoms with van der Waals surface area (Å²) in [5.41, 5.74) is 1.57. The first-order valence-corrected chi connectivity index (χ1v) is 5.19. The lowest BCUT2D eigenvalue weighted by Crippen LogP contribution is -2.18. The molecule has 0 bridgehead atoms. The van der Waals surface area contributed by atoms with Crippen molar-refractivity contribution in [1.29, 1.82) is 0 Å². The van der Waals surface area contributed by atoms with E-state index in [4.69, 9.17) is 4.42 Å². The van der Waals surface area contributed by atoms with Gasteiger partial charge in [-0.25, -0.2) is 4.39 Å². The van der Waals surface area contributed by atoms with Crippen molar-refractivity contribution in [2.24, 2.45) is 0 Å². The minimum Gasteiger partial charge on any atom is -0.469 e. The Morgan fingerprint density at radius 2 is 2.06 bits per heavy atom. The molecule has 16 heavy (non-hydrogen) atoms. The van der Waals surface area contributed by atoms with E-state index in [0.29, 0.717) is 5.56 Å². The van der Waals surface area contributed by atoms with Crippen molar-refractivity contribution in [3.05, 3.63) is 59.3 Å². The average Bonchev–Trinajstić information content (AvgIpc) is 2.69. The maximum absolute atomic E-state index is 13.6. The van der Waals surface area contributed by atoms with Crippen molar-refractivity contribution in [1.82, 2.24) is 5.32 Å². The summed E-state index contributed by atoms with van der Waals surface area (Å²) in [5, 5.41) is 3.09. The van der Waals surface area contributed by atoms with Crippen LogP contribution in [0.25, 0.3) is 0 Å². The van der Waals surface area contributed by atoms with Crippen molar-refractivity contribution in [2.45, 2.75) is 13.0 Å². The van der Waals surface area contributed by atoms with Crippen LogP contribution in [0.2, 0.25) is 0 Å². The maximum atomic E-state index is 13.6. The van der Waals surface area contributed by atoms with Gasteiger partial charge in [-0.05, 0) is 26.1 Å². The number of halogens is 1. The van der Waals surface area contributed by atoms with Crippen molar-refractivity contribution < 1.29 is 8.81 Å². The van der Waals surface area contributed by atoms with E-state index in [0.717, 1.165) is 11.3 Å². The van der Waals surface area contributed by atoms with Crippen LogP contribution >= 0.6 is 0 Å². The van der Waals surface area contributed by atoms with Crippen LogP contribution in [0.15, 0.2) is 41.0 Å². The molecule has 84 valence electrons. The smallest absolute Gasteiger partial charge is 0.128 e. The SMILES string of the molecule is CNC(c1coc(C)c1)c1ccccc1F. The second kappa shape index (κ2) is 4.49. The molecule has 1 aromatic heterocycles. The molecule has 0 fully saturated rings. The maximum Gasteiger partial charge on any atom is 0.128 e. The summed E-state index contributed by atoms with van der Waals surface area (Å²) >= 11 is 0. The van der Waals surface area contributed by atoms with E-state index in [1.54, 1.807) is 25.4 Å². The number of nitrogens with one attached hydrogen (secondary N) is 1. The summed E-state index contributed by atoms with van der Waals surface area (Å²) in [7, 11) is 1.80. The quantitative estimate of drug-likeness (QED) is 0.858. The minimum atomic E-state index is -0.208. The van der Waals surface area contributed by atoms with E-state index >= 15 is 0 Å². The molecule has 1 atom stereocenters. The number of benzene rings is 1. The summed E-state index contributed by atoms with van der Waals surface area (Å²) < 4.78 is 18.9. The van der Waals surface area contributed by atoms with Crippen LogP contribution in [0.4, 0.5) is 4.39 Å². The third-order valence-corrected chi connectivity index (χ3v) is 2.59. The largest absolute Gasteiger partial charge is 0.469 e. The third-order valence-electron chi connectivity index (χ3n) is 2.59. The van der Waals surface area contributed by atoms with Crippen LogP contribution in [-0.2, 0) is 0 Å².